The summed E-state index contributed by atoms with van der Waals surface area (Å²) in [6, 6.07) is 6.75. The van der Waals surface area contributed by atoms with Gasteiger partial charge in [0, 0.05) is 24.3 Å². The van der Waals surface area contributed by atoms with Crippen LogP contribution in [0.15, 0.2) is 30.3 Å². The summed E-state index contributed by atoms with van der Waals surface area (Å²) >= 11 is 0. The minimum Gasteiger partial charge on any atom is -0.493 e. The van der Waals surface area contributed by atoms with E-state index in [1.165, 1.54) is 44.6 Å². The molecule has 10 nitrogen and oxygen atoms in total. The molecule has 1 unspecified atom stereocenters. The zero-order valence-electron chi connectivity index (χ0n) is 18.0. The molecule has 1 saturated heterocycles. The molecule has 0 saturated carbocycles. The highest BCUT2D eigenvalue weighted by Crippen LogP contribution is 2.34. The molecule has 2 aromatic carbocycles. The van der Waals surface area contributed by atoms with Gasteiger partial charge in [0.15, 0.2) is 11.5 Å². The van der Waals surface area contributed by atoms with Crippen LogP contribution in [0.1, 0.15) is 54.3 Å². The number of carboxylic acid groups (broad SMARTS) is 1. The number of carbonyl (C=O) groups is 4. The number of nitrogens with one attached hydrogen (secondary N) is 1. The van der Waals surface area contributed by atoms with Gasteiger partial charge in [-0.3, -0.25) is 19.3 Å². The van der Waals surface area contributed by atoms with Crippen LogP contribution >= 0.6 is 0 Å². The summed E-state index contributed by atoms with van der Waals surface area (Å²) in [4.78, 5) is 51.2. The number of hydrogen-bond donors (Lipinski definition) is 2. The average molecular weight is 454 g/mol. The van der Waals surface area contributed by atoms with Crippen molar-refractivity contribution in [2.24, 2.45) is 0 Å². The van der Waals surface area contributed by atoms with Crippen LogP contribution in [0.2, 0.25) is 0 Å². The Bertz CT molecular complexity index is 1150. The van der Waals surface area contributed by atoms with Crippen LogP contribution in [-0.4, -0.2) is 67.2 Å². The first-order valence-corrected chi connectivity index (χ1v) is 10.3. The quantitative estimate of drug-likeness (QED) is 0.610. The van der Waals surface area contributed by atoms with E-state index >= 15 is 0 Å². The van der Waals surface area contributed by atoms with E-state index in [1.807, 2.05) is 0 Å². The van der Waals surface area contributed by atoms with E-state index in [0.29, 0.717) is 6.61 Å². The van der Waals surface area contributed by atoms with Crippen molar-refractivity contribution >= 4 is 29.4 Å². The van der Waals surface area contributed by atoms with Gasteiger partial charge in [-0.2, -0.15) is 0 Å². The zero-order chi connectivity index (χ0) is 23.7. The van der Waals surface area contributed by atoms with Crippen LogP contribution < -0.4 is 14.8 Å². The molecule has 2 aliphatic heterocycles. The molecule has 0 spiro atoms. The molecule has 4 rings (SSSR count). The number of methoxy groups -OCH3 is 2. The van der Waals surface area contributed by atoms with E-state index in [2.05, 4.69) is 5.32 Å². The molecule has 0 bridgehead atoms. The van der Waals surface area contributed by atoms with Crippen molar-refractivity contribution in [2.45, 2.75) is 18.9 Å². The molecule has 2 aliphatic rings. The fraction of sp³-hybridized carbons (Fsp3) is 0.304. The van der Waals surface area contributed by atoms with Crippen molar-refractivity contribution in [3.8, 4) is 11.5 Å². The lowest BCUT2D eigenvalue weighted by atomic mass is 10.0. The Labute approximate surface area is 189 Å². The molecule has 33 heavy (non-hydrogen) atoms. The van der Waals surface area contributed by atoms with Gasteiger partial charge in [0.2, 0.25) is 0 Å². The Hall–Kier alpha value is -3.92. The van der Waals surface area contributed by atoms with Gasteiger partial charge in [-0.25, -0.2) is 4.79 Å². The lowest BCUT2D eigenvalue weighted by molar-refractivity contribution is 0.0475. The monoisotopic (exact) mass is 454 g/mol. The van der Waals surface area contributed by atoms with E-state index in [-0.39, 0.29) is 52.1 Å². The van der Waals surface area contributed by atoms with Gasteiger partial charge in [0.25, 0.3) is 17.7 Å². The van der Waals surface area contributed by atoms with Crippen LogP contribution in [0.25, 0.3) is 0 Å². The largest absolute Gasteiger partial charge is 0.493 e. The first-order chi connectivity index (χ1) is 15.8. The third kappa shape index (κ3) is 4.12. The molecule has 172 valence electrons. The maximum absolute atomic E-state index is 12.9. The van der Waals surface area contributed by atoms with Crippen LogP contribution in [-0.2, 0) is 4.74 Å². The Morgan fingerprint density at radius 1 is 1.09 bits per heavy atom. The van der Waals surface area contributed by atoms with Crippen molar-refractivity contribution in [3.63, 3.8) is 0 Å². The second kappa shape index (κ2) is 8.91. The van der Waals surface area contributed by atoms with Gasteiger partial charge in [0.05, 0.1) is 49.2 Å². The molecule has 2 N–H and O–H groups in total. The number of ether oxygens (including phenoxy) is 3. The first-order valence-electron chi connectivity index (χ1n) is 10.3. The number of hydrogen-bond acceptors (Lipinski definition) is 7. The van der Waals surface area contributed by atoms with Crippen molar-refractivity contribution < 1.29 is 38.5 Å². The third-order valence-corrected chi connectivity index (χ3v) is 5.65. The molecule has 1 atom stereocenters. The van der Waals surface area contributed by atoms with Crippen LogP contribution in [0.5, 0.6) is 11.5 Å². The number of rotatable bonds is 7. The second-order valence-electron chi connectivity index (χ2n) is 7.63. The number of aromatic carboxylic acids is 1. The fourth-order valence-corrected chi connectivity index (χ4v) is 3.94. The number of nitrogens with zero attached hydrogens (tertiary/aromatic N) is 1. The normalized spacial score (nSPS) is 17.2. The summed E-state index contributed by atoms with van der Waals surface area (Å²) in [6.07, 6.45) is 1.47. The fourth-order valence-electron chi connectivity index (χ4n) is 3.94. The topological polar surface area (TPSA) is 131 Å². The predicted octanol–water partition coefficient (Wildman–Crippen LogP) is 2.43. The lowest BCUT2D eigenvalue weighted by Crippen LogP contribution is -2.36. The Morgan fingerprint density at radius 2 is 1.79 bits per heavy atom. The predicted molar refractivity (Wildman–Crippen MR) is 115 cm³/mol. The van der Waals surface area contributed by atoms with E-state index < -0.39 is 23.7 Å². The highest BCUT2D eigenvalue weighted by atomic mass is 16.5. The SMILES string of the molecule is COc1cc(NC(=O)c2ccc3c(c2)C(=O)N(CC2CCCO2)C3=O)c(C(=O)O)cc1OC. The van der Waals surface area contributed by atoms with Gasteiger partial charge in [-0.1, -0.05) is 0 Å². The molecular formula is C23H22N2O8. The minimum atomic E-state index is -1.27. The molecule has 0 aromatic heterocycles. The van der Waals surface area contributed by atoms with Crippen molar-refractivity contribution in [1.82, 2.24) is 4.90 Å². The molecule has 2 aromatic rings. The summed E-state index contributed by atoms with van der Waals surface area (Å²) in [5.74, 6) is -2.41. The summed E-state index contributed by atoms with van der Waals surface area (Å²) in [7, 11) is 2.75. The average Bonchev–Trinajstić information content (AvgIpc) is 3.41. The van der Waals surface area contributed by atoms with Gasteiger partial charge >= 0.3 is 5.97 Å². The van der Waals surface area contributed by atoms with Crippen molar-refractivity contribution in [2.75, 3.05) is 32.7 Å². The van der Waals surface area contributed by atoms with E-state index in [4.69, 9.17) is 14.2 Å². The number of carbonyl (C=O) groups excluding carboxylic acids is 3. The van der Waals surface area contributed by atoms with Crippen LogP contribution in [0, 0.1) is 0 Å². The number of amides is 3. The highest BCUT2D eigenvalue weighted by Gasteiger charge is 2.38. The first kappa shape index (κ1) is 22.3. The van der Waals surface area contributed by atoms with Gasteiger partial charge in [-0.05, 0) is 31.0 Å². The van der Waals surface area contributed by atoms with Crippen LogP contribution in [0.3, 0.4) is 0 Å². The van der Waals surface area contributed by atoms with Crippen molar-refractivity contribution in [1.29, 1.82) is 0 Å². The molecule has 0 aliphatic carbocycles. The Kier molecular flexibility index (Phi) is 6.01. The summed E-state index contributed by atoms with van der Waals surface area (Å²) < 4.78 is 15.8. The van der Waals surface area contributed by atoms with E-state index in [0.717, 1.165) is 17.7 Å². The maximum atomic E-state index is 12.9. The van der Waals surface area contributed by atoms with E-state index in [1.54, 1.807) is 0 Å². The van der Waals surface area contributed by atoms with E-state index in [9.17, 15) is 24.3 Å². The summed E-state index contributed by atoms with van der Waals surface area (Å²) in [6.45, 7) is 0.772. The molecule has 2 heterocycles. The second-order valence-corrected chi connectivity index (χ2v) is 7.63. The molecule has 10 heteroatoms. The molecule has 1 fully saturated rings. The molecule has 3 amide bonds. The number of anilines is 1. The van der Waals surface area contributed by atoms with Gasteiger partial charge < -0.3 is 24.6 Å². The summed E-state index contributed by atoms with van der Waals surface area (Å²) in [5.41, 5.74) is 0.229. The Balaban J connectivity index is 1.59. The minimum absolute atomic E-state index is 0.00643. The molecule has 0 radical (unpaired) electrons. The Morgan fingerprint density at radius 3 is 2.42 bits per heavy atom. The highest BCUT2D eigenvalue weighted by molar-refractivity contribution is 6.22. The van der Waals surface area contributed by atoms with Gasteiger partial charge in [0.1, 0.15) is 0 Å². The number of carboxylic acids is 1. The lowest BCUT2D eigenvalue weighted by Gasteiger charge is -2.17. The zero-order valence-corrected chi connectivity index (χ0v) is 18.0. The number of benzene rings is 2. The smallest absolute Gasteiger partial charge is 0.337 e. The third-order valence-electron chi connectivity index (χ3n) is 5.65. The standard InChI is InChI=1S/C23H22N2O8/c1-31-18-9-16(23(29)30)17(10-19(18)32-2)24-20(26)12-5-6-14-15(8-12)22(28)25(21(14)27)11-13-4-3-7-33-13/h5-6,8-10,13H,3-4,7,11H2,1-2H3,(H,24,26)(H,29,30). The van der Waals surface area contributed by atoms with Crippen LogP contribution in [0.4, 0.5) is 5.69 Å². The molecular weight excluding hydrogens is 432 g/mol. The van der Waals surface area contributed by atoms with Crippen molar-refractivity contribution in [3.05, 3.63) is 52.6 Å². The number of fused-ring (bicyclic) bond motifs is 1. The number of imide groups is 1. The summed E-state index contributed by atoms with van der Waals surface area (Å²) in [5, 5.41) is 12.1. The maximum Gasteiger partial charge on any atom is 0.337 e. The van der Waals surface area contributed by atoms with Gasteiger partial charge in [-0.15, -0.1) is 0 Å².